The molecule has 1 aliphatic rings. The minimum absolute atomic E-state index is 0.00870. The molecule has 1 N–H and O–H groups in total. The van der Waals surface area contributed by atoms with E-state index in [1.807, 2.05) is 49.9 Å². The molecule has 1 saturated heterocycles. The van der Waals surface area contributed by atoms with Crippen molar-refractivity contribution in [2.24, 2.45) is 0 Å². The fraction of sp³-hybridized carbons (Fsp3) is 0.481. The molecule has 3 rings (SSSR count). The summed E-state index contributed by atoms with van der Waals surface area (Å²) in [5.74, 6) is 0.580. The van der Waals surface area contributed by atoms with Crippen molar-refractivity contribution >= 4 is 12.0 Å². The van der Waals surface area contributed by atoms with E-state index < -0.39 is 6.09 Å². The topological polar surface area (TPSA) is 65.1 Å². The summed E-state index contributed by atoms with van der Waals surface area (Å²) in [5.41, 5.74) is 2.89. The Hall–Kier alpha value is -2.90. The lowest BCUT2D eigenvalue weighted by Gasteiger charge is -2.39. The third kappa shape index (κ3) is 6.36. The summed E-state index contributed by atoms with van der Waals surface area (Å²) in [5, 5.41) is 2.67. The molecule has 2 aromatic rings. The Morgan fingerprint density at radius 1 is 0.941 bits per heavy atom. The van der Waals surface area contributed by atoms with E-state index in [-0.39, 0.29) is 11.9 Å². The number of nitrogens with one attached hydrogen (secondary N) is 1. The van der Waals surface area contributed by atoms with Gasteiger partial charge in [0.15, 0.2) is 0 Å². The molecule has 0 radical (unpaired) electrons. The van der Waals surface area contributed by atoms with Crippen LogP contribution in [-0.2, 0) is 0 Å². The summed E-state index contributed by atoms with van der Waals surface area (Å²) in [4.78, 5) is 31.5. The third-order valence-corrected chi connectivity index (χ3v) is 6.45. The molecule has 1 unspecified atom stereocenters. The molecule has 1 heterocycles. The number of rotatable bonds is 9. The van der Waals surface area contributed by atoms with Gasteiger partial charge in [0.2, 0.25) is 0 Å². The summed E-state index contributed by atoms with van der Waals surface area (Å²) in [6.07, 6.45) is -0.452. The monoisotopic (exact) mass is 466 g/mol. The Morgan fingerprint density at radius 2 is 1.62 bits per heavy atom. The smallest absolute Gasteiger partial charge is 0.410 e. The van der Waals surface area contributed by atoms with Gasteiger partial charge in [-0.25, -0.2) is 4.79 Å². The largest absolute Gasteiger partial charge is 0.412 e. The number of likely N-dealkylation sites (N-methyl/N-ethyl adjacent to an activating group) is 1. The first-order valence-corrected chi connectivity index (χ1v) is 12.4. The van der Waals surface area contributed by atoms with Crippen LogP contribution in [0.25, 0.3) is 0 Å². The average molecular weight is 467 g/mol. The van der Waals surface area contributed by atoms with Crippen LogP contribution in [0.5, 0.6) is 5.75 Å². The Morgan fingerprint density at radius 3 is 2.21 bits per heavy atom. The van der Waals surface area contributed by atoms with E-state index in [4.69, 9.17) is 4.74 Å². The Balaban J connectivity index is 1.91. The van der Waals surface area contributed by atoms with E-state index in [9.17, 15) is 9.59 Å². The van der Waals surface area contributed by atoms with Crippen molar-refractivity contribution in [1.29, 1.82) is 0 Å². The summed E-state index contributed by atoms with van der Waals surface area (Å²) >= 11 is 0. The molecule has 2 amide bonds. The fourth-order valence-corrected chi connectivity index (χ4v) is 4.49. The lowest BCUT2D eigenvalue weighted by atomic mass is 9.95. The third-order valence-electron chi connectivity index (χ3n) is 6.45. The van der Waals surface area contributed by atoms with Crippen LogP contribution in [-0.4, -0.2) is 79.1 Å². The van der Waals surface area contributed by atoms with Gasteiger partial charge in [0.1, 0.15) is 5.75 Å². The first kappa shape index (κ1) is 25.7. The van der Waals surface area contributed by atoms with Crippen LogP contribution in [0.15, 0.2) is 48.5 Å². The Labute approximate surface area is 203 Å². The van der Waals surface area contributed by atoms with Gasteiger partial charge in [0, 0.05) is 51.4 Å². The molecule has 0 bridgehead atoms. The SMILES string of the molecule is CCNC(=O)Oc1cccc(C(c2ccc(C(=O)N(CC)CC)cc2)N2CCN(CC)CC2)c1. The van der Waals surface area contributed by atoms with Crippen LogP contribution in [0.3, 0.4) is 0 Å². The Bertz CT molecular complexity index is 935. The highest BCUT2D eigenvalue weighted by molar-refractivity contribution is 5.94. The van der Waals surface area contributed by atoms with Crippen LogP contribution in [0, 0.1) is 0 Å². The first-order chi connectivity index (χ1) is 16.5. The number of carbonyl (C=O) groups is 2. The van der Waals surface area contributed by atoms with Crippen LogP contribution in [0.1, 0.15) is 55.2 Å². The van der Waals surface area contributed by atoms with Gasteiger partial charge in [-0.1, -0.05) is 31.2 Å². The number of hydrogen-bond acceptors (Lipinski definition) is 5. The van der Waals surface area contributed by atoms with Gasteiger partial charge < -0.3 is 19.9 Å². The summed E-state index contributed by atoms with van der Waals surface area (Å²) in [6.45, 7) is 14.9. The fourth-order valence-electron chi connectivity index (χ4n) is 4.49. The minimum Gasteiger partial charge on any atom is -0.410 e. The van der Waals surface area contributed by atoms with Gasteiger partial charge in [-0.2, -0.15) is 0 Å². The molecule has 2 aromatic carbocycles. The highest BCUT2D eigenvalue weighted by Gasteiger charge is 2.27. The molecule has 7 nitrogen and oxygen atoms in total. The maximum atomic E-state index is 12.8. The van der Waals surface area contributed by atoms with Gasteiger partial charge in [0.25, 0.3) is 5.91 Å². The van der Waals surface area contributed by atoms with Gasteiger partial charge in [-0.05, 0) is 62.7 Å². The quantitative estimate of drug-likeness (QED) is 0.605. The van der Waals surface area contributed by atoms with E-state index in [1.54, 1.807) is 6.07 Å². The molecule has 0 saturated carbocycles. The molecule has 1 aliphatic heterocycles. The number of carbonyl (C=O) groups excluding carboxylic acids is 2. The molecule has 184 valence electrons. The zero-order valence-corrected chi connectivity index (χ0v) is 20.9. The van der Waals surface area contributed by atoms with Crippen molar-refractivity contribution in [3.63, 3.8) is 0 Å². The summed E-state index contributed by atoms with van der Waals surface area (Å²) in [7, 11) is 0. The van der Waals surface area contributed by atoms with Gasteiger partial charge in [-0.3, -0.25) is 9.69 Å². The number of hydrogen-bond donors (Lipinski definition) is 1. The molecule has 1 fully saturated rings. The number of ether oxygens (including phenoxy) is 1. The predicted octanol–water partition coefficient (Wildman–Crippen LogP) is 4.00. The molecule has 0 aromatic heterocycles. The van der Waals surface area contributed by atoms with E-state index >= 15 is 0 Å². The highest BCUT2D eigenvalue weighted by atomic mass is 16.6. The Kier molecular flexibility index (Phi) is 9.48. The van der Waals surface area contributed by atoms with E-state index in [0.29, 0.717) is 30.9 Å². The lowest BCUT2D eigenvalue weighted by molar-refractivity contribution is 0.0773. The molecule has 1 atom stereocenters. The first-order valence-electron chi connectivity index (χ1n) is 12.4. The predicted molar refractivity (Wildman–Crippen MR) is 135 cm³/mol. The molecule has 7 heteroatoms. The summed E-state index contributed by atoms with van der Waals surface area (Å²) in [6, 6.07) is 15.7. The van der Waals surface area contributed by atoms with Crippen molar-refractivity contribution in [2.45, 2.75) is 33.7 Å². The second kappa shape index (κ2) is 12.5. The van der Waals surface area contributed by atoms with E-state index in [1.165, 1.54) is 0 Å². The van der Waals surface area contributed by atoms with Gasteiger partial charge in [0.05, 0.1) is 6.04 Å². The summed E-state index contributed by atoms with van der Waals surface area (Å²) < 4.78 is 5.48. The van der Waals surface area contributed by atoms with Crippen molar-refractivity contribution in [3.8, 4) is 5.75 Å². The number of nitrogens with zero attached hydrogens (tertiary/aromatic N) is 3. The molecular weight excluding hydrogens is 428 g/mol. The number of benzene rings is 2. The lowest BCUT2D eigenvalue weighted by Crippen LogP contribution is -2.47. The maximum Gasteiger partial charge on any atom is 0.412 e. The molecule has 34 heavy (non-hydrogen) atoms. The highest BCUT2D eigenvalue weighted by Crippen LogP contribution is 2.32. The second-order valence-electron chi connectivity index (χ2n) is 8.46. The van der Waals surface area contributed by atoms with Gasteiger partial charge >= 0.3 is 6.09 Å². The van der Waals surface area contributed by atoms with Crippen molar-refractivity contribution in [2.75, 3.05) is 52.4 Å². The standard InChI is InChI=1S/C27H38N4O3/c1-5-28-27(33)34-24-11-9-10-23(20-24)25(31-18-16-29(6-2)17-19-31)21-12-14-22(15-13-21)26(32)30(7-3)8-4/h9-15,20,25H,5-8,16-19H2,1-4H3,(H,28,33). The minimum atomic E-state index is -0.452. The second-order valence-corrected chi connectivity index (χ2v) is 8.46. The van der Waals surface area contributed by atoms with Crippen LogP contribution < -0.4 is 10.1 Å². The van der Waals surface area contributed by atoms with E-state index in [0.717, 1.165) is 43.9 Å². The van der Waals surface area contributed by atoms with Crippen LogP contribution in [0.4, 0.5) is 4.79 Å². The zero-order valence-electron chi connectivity index (χ0n) is 20.9. The zero-order chi connectivity index (χ0) is 24.5. The average Bonchev–Trinajstić information content (AvgIpc) is 2.86. The van der Waals surface area contributed by atoms with Crippen LogP contribution in [0.2, 0.25) is 0 Å². The van der Waals surface area contributed by atoms with Gasteiger partial charge in [-0.15, -0.1) is 0 Å². The number of amides is 2. The maximum absolute atomic E-state index is 12.8. The molecule has 0 spiro atoms. The normalized spacial score (nSPS) is 15.5. The van der Waals surface area contributed by atoms with Crippen molar-refractivity contribution in [1.82, 2.24) is 20.0 Å². The van der Waals surface area contributed by atoms with Crippen molar-refractivity contribution in [3.05, 3.63) is 65.2 Å². The van der Waals surface area contributed by atoms with Crippen molar-refractivity contribution < 1.29 is 14.3 Å². The number of piperazine rings is 1. The van der Waals surface area contributed by atoms with E-state index in [2.05, 4.69) is 40.2 Å². The van der Waals surface area contributed by atoms with Crippen LogP contribution >= 0.6 is 0 Å². The molecule has 0 aliphatic carbocycles. The molecular formula is C27H38N4O3.